The van der Waals surface area contributed by atoms with Crippen molar-refractivity contribution in [3.63, 3.8) is 0 Å². The minimum absolute atomic E-state index is 0.0234. The number of hydrogen-bond acceptors (Lipinski definition) is 3. The van der Waals surface area contributed by atoms with Gasteiger partial charge >= 0.3 is 0 Å². The molecule has 1 aliphatic rings. The van der Waals surface area contributed by atoms with Crippen LogP contribution in [-0.4, -0.2) is 24.2 Å². The topological polar surface area (TPSA) is 49.3 Å². The highest BCUT2D eigenvalue weighted by Crippen LogP contribution is 2.28. The molecule has 1 aliphatic carbocycles. The Bertz CT molecular complexity index is 506. The van der Waals surface area contributed by atoms with E-state index in [1.807, 2.05) is 11.4 Å². The third kappa shape index (κ3) is 5.18. The van der Waals surface area contributed by atoms with Gasteiger partial charge in [-0.2, -0.15) is 0 Å². The second kappa shape index (κ2) is 8.86. The lowest BCUT2D eigenvalue weighted by atomic mass is 10.0. The first kappa shape index (κ1) is 16.1. The van der Waals surface area contributed by atoms with E-state index in [4.69, 9.17) is 5.11 Å². The molecule has 21 heavy (non-hydrogen) atoms. The SMILES string of the molecule is O=C(NCCCC1CCCC1)c1sccc1C#CCCO. The third-order valence-electron chi connectivity index (χ3n) is 3.88. The van der Waals surface area contributed by atoms with E-state index in [0.717, 1.165) is 24.4 Å². The lowest BCUT2D eigenvalue weighted by Gasteiger charge is -2.09. The number of carbonyl (C=O) groups excluding carboxylic acids is 1. The van der Waals surface area contributed by atoms with Crippen LogP contribution in [0, 0.1) is 17.8 Å². The Balaban J connectivity index is 1.75. The molecule has 0 atom stereocenters. The summed E-state index contributed by atoms with van der Waals surface area (Å²) >= 11 is 1.42. The fourth-order valence-corrected chi connectivity index (χ4v) is 3.53. The molecule has 3 nitrogen and oxygen atoms in total. The average molecular weight is 305 g/mol. The van der Waals surface area contributed by atoms with Crippen LogP contribution in [0.4, 0.5) is 0 Å². The molecule has 114 valence electrons. The van der Waals surface area contributed by atoms with E-state index in [2.05, 4.69) is 17.2 Å². The summed E-state index contributed by atoms with van der Waals surface area (Å²) in [5.74, 6) is 6.67. The van der Waals surface area contributed by atoms with Gasteiger partial charge in [-0.1, -0.05) is 37.5 Å². The molecular weight excluding hydrogens is 282 g/mol. The minimum Gasteiger partial charge on any atom is -0.395 e. The summed E-state index contributed by atoms with van der Waals surface area (Å²) < 4.78 is 0. The molecule has 0 radical (unpaired) electrons. The molecule has 1 heterocycles. The predicted octanol–water partition coefficient (Wildman–Crippen LogP) is 3.18. The largest absolute Gasteiger partial charge is 0.395 e. The molecule has 1 aromatic heterocycles. The van der Waals surface area contributed by atoms with Crippen molar-refractivity contribution in [2.24, 2.45) is 5.92 Å². The van der Waals surface area contributed by atoms with Gasteiger partial charge in [-0.05, 0) is 30.2 Å². The first-order chi connectivity index (χ1) is 10.3. The third-order valence-corrected chi connectivity index (χ3v) is 4.79. The summed E-state index contributed by atoms with van der Waals surface area (Å²) in [4.78, 5) is 12.8. The van der Waals surface area contributed by atoms with Gasteiger partial charge in [-0.15, -0.1) is 11.3 Å². The maximum atomic E-state index is 12.1. The maximum Gasteiger partial charge on any atom is 0.262 e. The summed E-state index contributed by atoms with van der Waals surface area (Å²) in [7, 11) is 0. The summed E-state index contributed by atoms with van der Waals surface area (Å²) in [6, 6.07) is 1.86. The van der Waals surface area contributed by atoms with Gasteiger partial charge in [0.25, 0.3) is 5.91 Å². The standard InChI is InChI=1S/C17H23NO2S/c19-12-4-3-9-15-10-13-21-16(15)17(20)18-11-5-8-14-6-1-2-7-14/h10,13-14,19H,1-2,4-8,11-12H2,(H,18,20). The zero-order chi connectivity index (χ0) is 14.9. The molecule has 0 spiro atoms. The fraction of sp³-hybridized carbons (Fsp3) is 0.588. The number of amides is 1. The van der Waals surface area contributed by atoms with Crippen LogP contribution in [0.1, 0.15) is 60.2 Å². The molecule has 0 bridgehead atoms. The van der Waals surface area contributed by atoms with E-state index in [9.17, 15) is 4.79 Å². The normalized spacial score (nSPS) is 14.7. The number of aliphatic hydroxyl groups is 1. The average Bonchev–Trinajstić information content (AvgIpc) is 3.15. The molecule has 0 saturated heterocycles. The fourth-order valence-electron chi connectivity index (χ4n) is 2.77. The van der Waals surface area contributed by atoms with Crippen LogP contribution < -0.4 is 5.32 Å². The van der Waals surface area contributed by atoms with Gasteiger partial charge in [0.1, 0.15) is 4.88 Å². The number of aliphatic hydroxyl groups excluding tert-OH is 1. The van der Waals surface area contributed by atoms with E-state index in [1.165, 1.54) is 43.4 Å². The van der Waals surface area contributed by atoms with E-state index in [-0.39, 0.29) is 12.5 Å². The Labute approximate surface area is 130 Å². The number of carbonyl (C=O) groups is 1. The highest BCUT2D eigenvalue weighted by atomic mass is 32.1. The van der Waals surface area contributed by atoms with Gasteiger partial charge in [0.15, 0.2) is 0 Å². The van der Waals surface area contributed by atoms with Gasteiger partial charge in [0.05, 0.1) is 6.61 Å². The maximum absolute atomic E-state index is 12.1. The van der Waals surface area contributed by atoms with Crippen LogP contribution in [0.3, 0.4) is 0 Å². The van der Waals surface area contributed by atoms with Crippen LogP contribution in [-0.2, 0) is 0 Å². The van der Waals surface area contributed by atoms with E-state index >= 15 is 0 Å². The molecule has 1 fully saturated rings. The Morgan fingerprint density at radius 3 is 3.00 bits per heavy atom. The zero-order valence-corrected chi connectivity index (χ0v) is 13.2. The van der Waals surface area contributed by atoms with Crippen molar-refractivity contribution in [1.82, 2.24) is 5.32 Å². The molecule has 4 heteroatoms. The summed E-state index contributed by atoms with van der Waals surface area (Å²) in [6.45, 7) is 0.802. The van der Waals surface area contributed by atoms with Crippen molar-refractivity contribution >= 4 is 17.2 Å². The molecule has 2 rings (SSSR count). The first-order valence-corrected chi connectivity index (χ1v) is 8.64. The van der Waals surface area contributed by atoms with Gasteiger partial charge in [0, 0.05) is 18.5 Å². The molecule has 1 saturated carbocycles. The van der Waals surface area contributed by atoms with Crippen molar-refractivity contribution in [2.45, 2.75) is 44.9 Å². The highest BCUT2D eigenvalue weighted by molar-refractivity contribution is 7.12. The monoisotopic (exact) mass is 305 g/mol. The second-order valence-electron chi connectivity index (χ2n) is 5.49. The number of nitrogens with one attached hydrogen (secondary N) is 1. The minimum atomic E-state index is -0.0234. The lowest BCUT2D eigenvalue weighted by Crippen LogP contribution is -2.24. The van der Waals surface area contributed by atoms with Crippen molar-refractivity contribution in [2.75, 3.05) is 13.2 Å². The van der Waals surface area contributed by atoms with Crippen LogP contribution in [0.25, 0.3) is 0 Å². The van der Waals surface area contributed by atoms with Crippen LogP contribution in [0.15, 0.2) is 11.4 Å². The van der Waals surface area contributed by atoms with E-state index < -0.39 is 0 Å². The Hall–Kier alpha value is -1.31. The summed E-state index contributed by atoms with van der Waals surface area (Å²) in [6.07, 6.45) is 8.22. The van der Waals surface area contributed by atoms with Crippen molar-refractivity contribution < 1.29 is 9.90 Å². The van der Waals surface area contributed by atoms with Gasteiger partial charge in [-0.3, -0.25) is 4.79 Å². The summed E-state index contributed by atoms with van der Waals surface area (Å²) in [5, 5.41) is 13.6. The van der Waals surface area contributed by atoms with Gasteiger partial charge < -0.3 is 10.4 Å². The van der Waals surface area contributed by atoms with Crippen molar-refractivity contribution in [3.8, 4) is 11.8 Å². The lowest BCUT2D eigenvalue weighted by molar-refractivity contribution is 0.0956. The second-order valence-corrected chi connectivity index (χ2v) is 6.40. The predicted molar refractivity (Wildman–Crippen MR) is 86.4 cm³/mol. The van der Waals surface area contributed by atoms with E-state index in [1.54, 1.807) is 0 Å². The van der Waals surface area contributed by atoms with Crippen molar-refractivity contribution in [3.05, 3.63) is 21.9 Å². The zero-order valence-electron chi connectivity index (χ0n) is 12.4. The molecule has 0 aliphatic heterocycles. The number of hydrogen-bond donors (Lipinski definition) is 2. The molecule has 0 unspecified atom stereocenters. The van der Waals surface area contributed by atoms with Gasteiger partial charge in [-0.25, -0.2) is 0 Å². The molecule has 2 N–H and O–H groups in total. The van der Waals surface area contributed by atoms with E-state index in [0.29, 0.717) is 11.3 Å². The number of rotatable bonds is 6. The Kier molecular flexibility index (Phi) is 6.78. The number of thiophene rings is 1. The van der Waals surface area contributed by atoms with Crippen molar-refractivity contribution in [1.29, 1.82) is 0 Å². The van der Waals surface area contributed by atoms with Crippen LogP contribution in [0.5, 0.6) is 0 Å². The molecule has 1 aromatic rings. The summed E-state index contributed by atoms with van der Waals surface area (Å²) in [5.41, 5.74) is 0.766. The smallest absolute Gasteiger partial charge is 0.262 e. The molecule has 1 amide bonds. The highest BCUT2D eigenvalue weighted by Gasteiger charge is 2.15. The Morgan fingerprint density at radius 2 is 2.24 bits per heavy atom. The van der Waals surface area contributed by atoms with Crippen LogP contribution >= 0.6 is 11.3 Å². The Morgan fingerprint density at radius 1 is 1.43 bits per heavy atom. The van der Waals surface area contributed by atoms with Crippen LogP contribution in [0.2, 0.25) is 0 Å². The molecule has 0 aromatic carbocycles. The van der Waals surface area contributed by atoms with Gasteiger partial charge in [0.2, 0.25) is 0 Å². The molecular formula is C17H23NO2S. The first-order valence-electron chi connectivity index (χ1n) is 7.76. The quantitative estimate of drug-likeness (QED) is 0.626.